The van der Waals surface area contributed by atoms with E-state index in [4.69, 9.17) is 4.42 Å². The van der Waals surface area contributed by atoms with Crippen molar-refractivity contribution < 1.29 is 9.21 Å². The fourth-order valence-electron chi connectivity index (χ4n) is 1.91. The maximum absolute atomic E-state index is 12.2. The highest BCUT2D eigenvalue weighted by Crippen LogP contribution is 2.20. The summed E-state index contributed by atoms with van der Waals surface area (Å²) >= 11 is 0. The Balaban J connectivity index is 1.72. The molecule has 3 N–H and O–H groups in total. The summed E-state index contributed by atoms with van der Waals surface area (Å²) in [5.41, 5.74) is 7.01. The van der Waals surface area contributed by atoms with Crippen molar-refractivity contribution in [3.8, 4) is 11.1 Å². The number of rotatable bonds is 4. The lowest BCUT2D eigenvalue weighted by atomic mass is 10.1. The number of aromatic amines is 1. The SMILES string of the molecule is Cc1nnc(NNC(=O)c2cccc(-c3ccoc3)c2)[nH]c1=O. The van der Waals surface area contributed by atoms with Gasteiger partial charge in [-0.3, -0.25) is 25.4 Å². The molecule has 0 aliphatic rings. The first-order chi connectivity index (χ1) is 11.1. The number of nitrogens with zero attached hydrogens (tertiary/aromatic N) is 2. The summed E-state index contributed by atoms with van der Waals surface area (Å²) in [6, 6.07) is 8.85. The third-order valence-corrected chi connectivity index (χ3v) is 3.13. The number of H-pyrrole nitrogens is 1. The number of aryl methyl sites for hydroxylation is 1. The van der Waals surface area contributed by atoms with Gasteiger partial charge in [0.05, 0.1) is 12.5 Å². The molecule has 0 atom stereocenters. The Labute approximate surface area is 130 Å². The van der Waals surface area contributed by atoms with Crippen molar-refractivity contribution in [3.05, 3.63) is 64.5 Å². The van der Waals surface area contributed by atoms with Crippen LogP contribution < -0.4 is 16.4 Å². The highest BCUT2D eigenvalue weighted by molar-refractivity contribution is 5.95. The van der Waals surface area contributed by atoms with Crippen LogP contribution in [0.2, 0.25) is 0 Å². The second kappa shape index (κ2) is 6.14. The van der Waals surface area contributed by atoms with Crippen molar-refractivity contribution >= 4 is 11.9 Å². The minimum absolute atomic E-state index is 0.0555. The van der Waals surface area contributed by atoms with Gasteiger partial charge in [-0.05, 0) is 30.7 Å². The molecule has 3 aromatic rings. The minimum Gasteiger partial charge on any atom is -0.472 e. The lowest BCUT2D eigenvalue weighted by Crippen LogP contribution is -2.31. The summed E-state index contributed by atoms with van der Waals surface area (Å²) in [6.45, 7) is 1.54. The van der Waals surface area contributed by atoms with Gasteiger partial charge in [-0.25, -0.2) is 0 Å². The summed E-state index contributed by atoms with van der Waals surface area (Å²) in [4.78, 5) is 26.0. The van der Waals surface area contributed by atoms with Crippen LogP contribution in [0.5, 0.6) is 0 Å². The largest absolute Gasteiger partial charge is 0.472 e. The molecule has 0 spiro atoms. The smallest absolute Gasteiger partial charge is 0.274 e. The third-order valence-electron chi connectivity index (χ3n) is 3.13. The number of hydrogen-bond acceptors (Lipinski definition) is 6. The molecule has 116 valence electrons. The molecule has 0 unspecified atom stereocenters. The molecule has 0 bridgehead atoms. The van der Waals surface area contributed by atoms with Crippen LogP contribution in [-0.2, 0) is 0 Å². The molecule has 0 saturated carbocycles. The van der Waals surface area contributed by atoms with E-state index in [9.17, 15) is 9.59 Å². The average Bonchev–Trinajstić information content (AvgIpc) is 3.10. The fourth-order valence-corrected chi connectivity index (χ4v) is 1.91. The van der Waals surface area contributed by atoms with Gasteiger partial charge in [-0.15, -0.1) is 10.2 Å². The number of carbonyl (C=O) groups is 1. The maximum atomic E-state index is 12.2. The Morgan fingerprint density at radius 3 is 2.83 bits per heavy atom. The Morgan fingerprint density at radius 2 is 2.09 bits per heavy atom. The van der Waals surface area contributed by atoms with E-state index in [1.165, 1.54) is 6.92 Å². The van der Waals surface area contributed by atoms with Gasteiger partial charge in [-0.1, -0.05) is 12.1 Å². The van der Waals surface area contributed by atoms with Crippen molar-refractivity contribution in [2.24, 2.45) is 0 Å². The normalized spacial score (nSPS) is 10.3. The molecule has 0 aliphatic heterocycles. The van der Waals surface area contributed by atoms with E-state index in [0.717, 1.165) is 11.1 Å². The molecule has 3 rings (SSSR count). The van der Waals surface area contributed by atoms with Gasteiger partial charge in [0.15, 0.2) is 0 Å². The van der Waals surface area contributed by atoms with Crippen LogP contribution in [-0.4, -0.2) is 21.1 Å². The zero-order valence-electron chi connectivity index (χ0n) is 12.2. The number of carbonyl (C=O) groups excluding carboxylic acids is 1. The third kappa shape index (κ3) is 3.26. The Morgan fingerprint density at radius 1 is 1.22 bits per heavy atom. The van der Waals surface area contributed by atoms with E-state index in [1.54, 1.807) is 30.7 Å². The second-order valence-corrected chi connectivity index (χ2v) is 4.76. The number of benzene rings is 1. The number of hydrogen-bond donors (Lipinski definition) is 3. The number of aromatic nitrogens is 3. The summed E-state index contributed by atoms with van der Waals surface area (Å²) in [6.07, 6.45) is 3.16. The van der Waals surface area contributed by atoms with Crippen LogP contribution in [0.1, 0.15) is 16.1 Å². The highest BCUT2D eigenvalue weighted by Gasteiger charge is 2.08. The number of nitrogens with one attached hydrogen (secondary N) is 3. The van der Waals surface area contributed by atoms with E-state index in [1.807, 2.05) is 12.1 Å². The molecular formula is C15H13N5O3. The summed E-state index contributed by atoms with van der Waals surface area (Å²) in [7, 11) is 0. The van der Waals surface area contributed by atoms with Crippen molar-refractivity contribution in [3.63, 3.8) is 0 Å². The standard InChI is InChI=1S/C15H13N5O3/c1-9-13(21)16-15(19-17-9)20-18-14(22)11-4-2-3-10(7-11)12-5-6-23-8-12/h2-8H,1H3,(H,18,22)(H2,16,19,20,21). The number of amides is 1. The van der Waals surface area contributed by atoms with Crippen molar-refractivity contribution in [2.75, 3.05) is 5.43 Å². The Kier molecular flexibility index (Phi) is 3.88. The topological polar surface area (TPSA) is 113 Å². The number of anilines is 1. The Hall–Kier alpha value is -3.42. The first kappa shape index (κ1) is 14.5. The van der Waals surface area contributed by atoms with Crippen LogP contribution in [0.3, 0.4) is 0 Å². The van der Waals surface area contributed by atoms with Gasteiger partial charge in [0.2, 0.25) is 5.95 Å². The monoisotopic (exact) mass is 311 g/mol. The zero-order chi connectivity index (χ0) is 16.2. The lowest BCUT2D eigenvalue weighted by Gasteiger charge is -2.07. The fraction of sp³-hybridized carbons (Fsp3) is 0.0667. The predicted octanol–water partition coefficient (Wildman–Crippen LogP) is 1.49. The van der Waals surface area contributed by atoms with Crippen molar-refractivity contribution in [1.29, 1.82) is 0 Å². The summed E-state index contributed by atoms with van der Waals surface area (Å²) in [5.74, 6) is -0.321. The van der Waals surface area contributed by atoms with E-state index >= 15 is 0 Å². The van der Waals surface area contributed by atoms with Crippen LogP contribution >= 0.6 is 0 Å². The van der Waals surface area contributed by atoms with Gasteiger partial charge in [0.25, 0.3) is 11.5 Å². The van der Waals surface area contributed by atoms with E-state index in [2.05, 4.69) is 26.0 Å². The molecule has 1 aromatic carbocycles. The molecular weight excluding hydrogens is 298 g/mol. The summed E-state index contributed by atoms with van der Waals surface area (Å²) in [5, 5.41) is 7.38. The lowest BCUT2D eigenvalue weighted by molar-refractivity contribution is 0.0962. The molecule has 8 nitrogen and oxygen atoms in total. The van der Waals surface area contributed by atoms with Crippen LogP contribution in [0, 0.1) is 6.92 Å². The second-order valence-electron chi connectivity index (χ2n) is 4.76. The van der Waals surface area contributed by atoms with Gasteiger partial charge in [-0.2, -0.15) is 0 Å². The van der Waals surface area contributed by atoms with E-state index in [0.29, 0.717) is 5.56 Å². The van der Waals surface area contributed by atoms with Gasteiger partial charge < -0.3 is 4.42 Å². The average molecular weight is 311 g/mol. The molecule has 0 saturated heterocycles. The molecule has 0 aliphatic carbocycles. The molecule has 0 fully saturated rings. The first-order valence-corrected chi connectivity index (χ1v) is 6.76. The quantitative estimate of drug-likeness (QED) is 0.629. The maximum Gasteiger partial charge on any atom is 0.274 e. The van der Waals surface area contributed by atoms with Gasteiger partial charge >= 0.3 is 0 Å². The van der Waals surface area contributed by atoms with Crippen LogP contribution in [0.15, 0.2) is 52.1 Å². The van der Waals surface area contributed by atoms with Crippen molar-refractivity contribution in [2.45, 2.75) is 6.92 Å². The minimum atomic E-state index is -0.376. The highest BCUT2D eigenvalue weighted by atomic mass is 16.3. The number of furan rings is 1. The van der Waals surface area contributed by atoms with E-state index in [-0.39, 0.29) is 23.1 Å². The van der Waals surface area contributed by atoms with Gasteiger partial charge in [0, 0.05) is 11.1 Å². The van der Waals surface area contributed by atoms with Crippen LogP contribution in [0.25, 0.3) is 11.1 Å². The molecule has 1 amide bonds. The Bertz CT molecular complexity index is 886. The molecule has 0 radical (unpaired) electrons. The first-order valence-electron chi connectivity index (χ1n) is 6.76. The van der Waals surface area contributed by atoms with Crippen LogP contribution in [0.4, 0.5) is 5.95 Å². The summed E-state index contributed by atoms with van der Waals surface area (Å²) < 4.78 is 5.03. The van der Waals surface area contributed by atoms with Gasteiger partial charge in [0.1, 0.15) is 5.69 Å². The zero-order valence-corrected chi connectivity index (χ0v) is 12.2. The predicted molar refractivity (Wildman–Crippen MR) is 82.6 cm³/mol. The molecule has 2 heterocycles. The molecule has 8 heteroatoms. The van der Waals surface area contributed by atoms with E-state index < -0.39 is 0 Å². The molecule has 23 heavy (non-hydrogen) atoms. The number of hydrazine groups is 1. The molecule has 2 aromatic heterocycles. The van der Waals surface area contributed by atoms with Crippen molar-refractivity contribution in [1.82, 2.24) is 20.6 Å².